The molecule has 0 saturated heterocycles. The smallest absolute Gasteiger partial charge is 0.274 e. The van der Waals surface area contributed by atoms with Crippen LogP contribution in [0.2, 0.25) is 0 Å². The predicted molar refractivity (Wildman–Crippen MR) is 91.5 cm³/mol. The van der Waals surface area contributed by atoms with Gasteiger partial charge in [0.05, 0.1) is 12.6 Å². The van der Waals surface area contributed by atoms with E-state index in [0.717, 1.165) is 27.6 Å². The van der Waals surface area contributed by atoms with Crippen LogP contribution in [0.25, 0.3) is 22.0 Å². The lowest BCUT2D eigenvalue weighted by atomic mass is 10.0. The van der Waals surface area contributed by atoms with Crippen molar-refractivity contribution in [1.82, 2.24) is 14.7 Å². The number of methoxy groups -OCH3 is 1. The first kappa shape index (κ1) is 16.3. The Bertz CT molecular complexity index is 972. The van der Waals surface area contributed by atoms with Gasteiger partial charge >= 0.3 is 0 Å². The molecular weight excluding hydrogens is 328 g/mol. The van der Waals surface area contributed by atoms with Gasteiger partial charge in [-0.3, -0.25) is 4.98 Å². The van der Waals surface area contributed by atoms with Crippen LogP contribution in [0.15, 0.2) is 48.8 Å². The molecule has 7 nitrogen and oxygen atoms in total. The van der Waals surface area contributed by atoms with Crippen molar-refractivity contribution in [2.45, 2.75) is 6.54 Å². The van der Waals surface area contributed by atoms with Crippen molar-refractivity contribution >= 4 is 21.1 Å². The molecule has 0 fully saturated rings. The number of fused-ring (bicyclic) bond motifs is 1. The Morgan fingerprint density at radius 1 is 1.17 bits per heavy atom. The number of nitrogens with zero attached hydrogens (tertiary/aromatic N) is 2. The molecule has 0 aliphatic carbocycles. The van der Waals surface area contributed by atoms with Crippen molar-refractivity contribution in [1.29, 1.82) is 0 Å². The van der Waals surface area contributed by atoms with Crippen LogP contribution in [0.3, 0.4) is 0 Å². The lowest BCUT2D eigenvalue weighted by Crippen LogP contribution is -2.30. The fraction of sp³-hybridized carbons (Fsp3) is 0.125. The van der Waals surface area contributed by atoms with Gasteiger partial charge in [0.1, 0.15) is 0 Å². The number of hydrogen-bond acceptors (Lipinski definition) is 5. The number of nitrogens with one attached hydrogen (secondary N) is 1. The van der Waals surface area contributed by atoms with E-state index in [-0.39, 0.29) is 6.54 Å². The maximum Gasteiger partial charge on any atom is 0.274 e. The molecule has 0 radical (unpaired) electrons. The van der Waals surface area contributed by atoms with E-state index in [2.05, 4.69) is 14.7 Å². The van der Waals surface area contributed by atoms with Crippen LogP contribution in [0.1, 0.15) is 5.56 Å². The van der Waals surface area contributed by atoms with Crippen molar-refractivity contribution in [3.63, 3.8) is 0 Å². The van der Waals surface area contributed by atoms with E-state index in [1.807, 2.05) is 30.3 Å². The molecule has 0 bridgehead atoms. The van der Waals surface area contributed by atoms with Crippen molar-refractivity contribution in [2.75, 3.05) is 7.11 Å². The van der Waals surface area contributed by atoms with Gasteiger partial charge in [-0.1, -0.05) is 24.3 Å². The Hall–Kier alpha value is -2.55. The molecular formula is C16H16N4O3S. The summed E-state index contributed by atoms with van der Waals surface area (Å²) in [6.45, 7) is 0.148. The molecule has 3 rings (SSSR count). The average Bonchev–Trinajstić information content (AvgIpc) is 2.59. The summed E-state index contributed by atoms with van der Waals surface area (Å²) < 4.78 is 29.2. The van der Waals surface area contributed by atoms with Crippen molar-refractivity contribution < 1.29 is 13.2 Å². The molecule has 124 valence electrons. The molecule has 0 unspecified atom stereocenters. The van der Waals surface area contributed by atoms with Crippen LogP contribution < -0.4 is 14.6 Å². The molecule has 0 aliphatic heterocycles. The average molecular weight is 344 g/mol. The second kappa shape index (κ2) is 6.52. The van der Waals surface area contributed by atoms with E-state index in [9.17, 15) is 8.42 Å². The molecule has 3 N–H and O–H groups in total. The van der Waals surface area contributed by atoms with Crippen molar-refractivity contribution in [3.8, 4) is 17.0 Å². The van der Waals surface area contributed by atoms with Gasteiger partial charge in [-0.2, -0.15) is 13.1 Å². The summed E-state index contributed by atoms with van der Waals surface area (Å²) in [5.41, 5.74) is 3.57. The van der Waals surface area contributed by atoms with E-state index >= 15 is 0 Å². The number of ether oxygens (including phenoxy) is 1. The van der Waals surface area contributed by atoms with Gasteiger partial charge in [0.25, 0.3) is 10.2 Å². The number of nitrogens with two attached hydrogens (primary N) is 1. The molecule has 0 aliphatic rings. The zero-order valence-electron chi connectivity index (χ0n) is 12.9. The molecule has 1 aromatic carbocycles. The van der Waals surface area contributed by atoms with Gasteiger partial charge in [-0.05, 0) is 22.8 Å². The Balaban J connectivity index is 1.93. The number of aromatic nitrogens is 2. The number of rotatable bonds is 5. The molecule has 2 aromatic heterocycles. The highest BCUT2D eigenvalue weighted by atomic mass is 32.2. The molecule has 3 aromatic rings. The van der Waals surface area contributed by atoms with Gasteiger partial charge in [0.15, 0.2) is 0 Å². The van der Waals surface area contributed by atoms with Crippen molar-refractivity contribution in [2.24, 2.45) is 5.14 Å². The highest BCUT2D eigenvalue weighted by Gasteiger charge is 2.07. The Morgan fingerprint density at radius 2 is 1.92 bits per heavy atom. The molecule has 0 atom stereocenters. The van der Waals surface area contributed by atoms with E-state index in [1.165, 1.54) is 0 Å². The molecule has 0 amide bonds. The third-order valence-electron chi connectivity index (χ3n) is 3.55. The van der Waals surface area contributed by atoms with Gasteiger partial charge in [-0.15, -0.1) is 0 Å². The Morgan fingerprint density at radius 3 is 2.58 bits per heavy atom. The zero-order chi connectivity index (χ0) is 17.2. The van der Waals surface area contributed by atoms with Gasteiger partial charge in [-0.25, -0.2) is 10.1 Å². The fourth-order valence-corrected chi connectivity index (χ4v) is 2.74. The summed E-state index contributed by atoms with van der Waals surface area (Å²) in [4.78, 5) is 8.57. The monoisotopic (exact) mass is 344 g/mol. The third kappa shape index (κ3) is 3.67. The first-order valence-corrected chi connectivity index (χ1v) is 8.66. The van der Waals surface area contributed by atoms with Crippen LogP contribution in [-0.4, -0.2) is 25.5 Å². The molecule has 24 heavy (non-hydrogen) atoms. The van der Waals surface area contributed by atoms with Crippen LogP contribution in [0.4, 0.5) is 0 Å². The second-order valence-corrected chi connectivity index (χ2v) is 6.54. The Labute approximate surface area is 139 Å². The van der Waals surface area contributed by atoms with Gasteiger partial charge < -0.3 is 4.74 Å². The lowest BCUT2D eigenvalue weighted by Gasteiger charge is -2.08. The topological polar surface area (TPSA) is 107 Å². The highest BCUT2D eigenvalue weighted by molar-refractivity contribution is 7.87. The quantitative estimate of drug-likeness (QED) is 0.731. The first-order valence-electron chi connectivity index (χ1n) is 7.12. The van der Waals surface area contributed by atoms with Crippen LogP contribution >= 0.6 is 0 Å². The van der Waals surface area contributed by atoms with E-state index in [4.69, 9.17) is 9.88 Å². The molecule has 0 saturated carbocycles. The Kier molecular flexibility index (Phi) is 4.43. The summed E-state index contributed by atoms with van der Waals surface area (Å²) in [5.74, 6) is 0.511. The summed E-state index contributed by atoms with van der Waals surface area (Å²) in [6.07, 6.45) is 3.46. The largest absolute Gasteiger partial charge is 0.481 e. The maximum atomic E-state index is 10.9. The minimum Gasteiger partial charge on any atom is -0.481 e. The van der Waals surface area contributed by atoms with E-state index in [1.54, 1.807) is 25.6 Å². The van der Waals surface area contributed by atoms with Gasteiger partial charge in [0.2, 0.25) is 5.88 Å². The normalized spacial score (nSPS) is 11.6. The number of hydrogen-bond donors (Lipinski definition) is 2. The summed E-state index contributed by atoms with van der Waals surface area (Å²) >= 11 is 0. The highest BCUT2D eigenvalue weighted by Crippen LogP contribution is 2.28. The standard InChI is InChI=1S/C16H16N4O3S/c1-23-16-8-15-14(10-19-16)13(6-7-18-15)12-4-2-11(3-5-12)9-20-24(17,21)22/h2-8,10,20H,9H2,1H3,(H2,17,21,22). The zero-order valence-corrected chi connectivity index (χ0v) is 13.7. The minimum atomic E-state index is -3.70. The fourth-order valence-electron chi connectivity index (χ4n) is 2.37. The van der Waals surface area contributed by atoms with Crippen LogP contribution in [-0.2, 0) is 16.8 Å². The third-order valence-corrected chi connectivity index (χ3v) is 4.10. The SMILES string of the molecule is COc1cc2nccc(-c3ccc(CNS(N)(=O)=O)cc3)c2cn1. The van der Waals surface area contributed by atoms with Crippen molar-refractivity contribution in [3.05, 3.63) is 54.4 Å². The summed E-state index contributed by atoms with van der Waals surface area (Å²) in [6, 6.07) is 11.2. The number of pyridine rings is 2. The molecule has 0 spiro atoms. The molecule has 8 heteroatoms. The first-order chi connectivity index (χ1) is 11.5. The molecule has 2 heterocycles. The maximum absolute atomic E-state index is 10.9. The number of benzene rings is 1. The van der Waals surface area contributed by atoms with Crippen LogP contribution in [0.5, 0.6) is 5.88 Å². The van der Waals surface area contributed by atoms with Gasteiger partial charge in [0, 0.05) is 30.4 Å². The predicted octanol–water partition coefficient (Wildman–Crippen LogP) is 1.60. The summed E-state index contributed by atoms with van der Waals surface area (Å²) in [7, 11) is -2.14. The lowest BCUT2D eigenvalue weighted by molar-refractivity contribution is 0.398. The minimum absolute atomic E-state index is 0.148. The van der Waals surface area contributed by atoms with E-state index < -0.39 is 10.2 Å². The summed E-state index contributed by atoms with van der Waals surface area (Å²) in [5, 5.41) is 5.84. The van der Waals surface area contributed by atoms with E-state index in [0.29, 0.717) is 5.88 Å². The second-order valence-electron chi connectivity index (χ2n) is 5.17. The van der Waals surface area contributed by atoms with Crippen LogP contribution in [0, 0.1) is 0 Å².